The Hall–Kier alpha value is -1.06. The van der Waals surface area contributed by atoms with Gasteiger partial charge in [-0.15, -0.1) is 12.4 Å². The van der Waals surface area contributed by atoms with Crippen LogP contribution in [0.25, 0.3) is 0 Å². The van der Waals surface area contributed by atoms with E-state index in [0.717, 1.165) is 32.1 Å². The molecule has 1 aromatic carbocycles. The van der Waals surface area contributed by atoms with E-state index in [2.05, 4.69) is 24.3 Å². The van der Waals surface area contributed by atoms with E-state index in [1.54, 1.807) is 0 Å². The minimum atomic E-state index is 0. The fourth-order valence-corrected chi connectivity index (χ4v) is 3.62. The number of amides is 1. The number of carbonyl (C=O) groups is 1. The Kier molecular flexibility index (Phi) is 4.71. The van der Waals surface area contributed by atoms with Crippen LogP contribution in [-0.2, 0) is 11.2 Å². The first kappa shape index (κ1) is 15.3. The molecule has 0 aromatic heterocycles. The number of rotatable bonds is 2. The molecular formula is C16H23ClN2O. The van der Waals surface area contributed by atoms with E-state index in [1.165, 1.54) is 11.1 Å². The van der Waals surface area contributed by atoms with Crippen molar-refractivity contribution >= 4 is 18.3 Å². The van der Waals surface area contributed by atoms with Gasteiger partial charge in [-0.3, -0.25) is 4.79 Å². The predicted octanol–water partition coefficient (Wildman–Crippen LogP) is 2.68. The standard InChI is InChI=1S/C16H22N2O.ClH/c1-18(16(19)12-6-8-13(17)10-12)15-9-7-11-4-2-3-5-14(11)15;/h2-5,12-13,15H,6-10,17H2,1H3;1H. The number of halogens is 1. The fourth-order valence-electron chi connectivity index (χ4n) is 3.62. The number of hydrogen-bond acceptors (Lipinski definition) is 2. The van der Waals surface area contributed by atoms with Gasteiger partial charge in [0, 0.05) is 19.0 Å². The average molecular weight is 295 g/mol. The molecule has 2 aliphatic carbocycles. The van der Waals surface area contributed by atoms with Crippen molar-refractivity contribution in [3.63, 3.8) is 0 Å². The van der Waals surface area contributed by atoms with Crippen molar-refractivity contribution in [1.29, 1.82) is 0 Å². The minimum absolute atomic E-state index is 0. The molecular weight excluding hydrogens is 272 g/mol. The summed E-state index contributed by atoms with van der Waals surface area (Å²) in [6, 6.07) is 8.98. The van der Waals surface area contributed by atoms with E-state index >= 15 is 0 Å². The largest absolute Gasteiger partial charge is 0.338 e. The number of fused-ring (bicyclic) bond motifs is 1. The molecule has 3 rings (SSSR count). The van der Waals surface area contributed by atoms with Crippen molar-refractivity contribution in [2.24, 2.45) is 11.7 Å². The normalized spacial score (nSPS) is 27.8. The van der Waals surface area contributed by atoms with Crippen molar-refractivity contribution in [2.75, 3.05) is 7.05 Å². The van der Waals surface area contributed by atoms with Crippen LogP contribution in [0.3, 0.4) is 0 Å². The maximum Gasteiger partial charge on any atom is 0.225 e. The van der Waals surface area contributed by atoms with Gasteiger partial charge in [-0.2, -0.15) is 0 Å². The number of carbonyl (C=O) groups excluding carboxylic acids is 1. The summed E-state index contributed by atoms with van der Waals surface area (Å²) in [7, 11) is 1.96. The molecule has 1 amide bonds. The molecule has 0 radical (unpaired) electrons. The molecule has 110 valence electrons. The molecule has 2 aliphatic rings. The molecule has 1 fully saturated rings. The third-order valence-electron chi connectivity index (χ3n) is 4.74. The van der Waals surface area contributed by atoms with E-state index in [9.17, 15) is 4.79 Å². The van der Waals surface area contributed by atoms with Crippen LogP contribution in [-0.4, -0.2) is 23.9 Å². The maximum absolute atomic E-state index is 12.6. The molecule has 3 nitrogen and oxygen atoms in total. The van der Waals surface area contributed by atoms with E-state index in [1.807, 2.05) is 11.9 Å². The Morgan fingerprint density at radius 2 is 2.00 bits per heavy atom. The highest BCUT2D eigenvalue weighted by atomic mass is 35.5. The van der Waals surface area contributed by atoms with Crippen LogP contribution < -0.4 is 5.73 Å². The van der Waals surface area contributed by atoms with Gasteiger partial charge in [0.1, 0.15) is 0 Å². The summed E-state index contributed by atoms with van der Waals surface area (Å²) >= 11 is 0. The molecule has 0 saturated heterocycles. The predicted molar refractivity (Wildman–Crippen MR) is 82.8 cm³/mol. The second kappa shape index (κ2) is 6.15. The van der Waals surface area contributed by atoms with Gasteiger partial charge in [0.15, 0.2) is 0 Å². The molecule has 0 aliphatic heterocycles. The zero-order valence-electron chi connectivity index (χ0n) is 11.9. The Bertz CT molecular complexity index is 491. The molecule has 0 bridgehead atoms. The zero-order valence-corrected chi connectivity index (χ0v) is 12.7. The van der Waals surface area contributed by atoms with Crippen LogP contribution in [0.1, 0.15) is 42.9 Å². The lowest BCUT2D eigenvalue weighted by atomic mass is 10.0. The van der Waals surface area contributed by atoms with E-state index < -0.39 is 0 Å². The monoisotopic (exact) mass is 294 g/mol. The zero-order chi connectivity index (χ0) is 13.4. The average Bonchev–Trinajstić information content (AvgIpc) is 3.03. The Labute approximate surface area is 126 Å². The number of nitrogens with two attached hydrogens (primary N) is 1. The van der Waals surface area contributed by atoms with Crippen molar-refractivity contribution in [3.05, 3.63) is 35.4 Å². The Balaban J connectivity index is 0.00000147. The molecule has 1 aromatic rings. The SMILES string of the molecule is CN(C(=O)C1CCC(N)C1)C1CCc2ccccc21.Cl. The van der Waals surface area contributed by atoms with Gasteiger partial charge in [0.25, 0.3) is 0 Å². The van der Waals surface area contributed by atoms with Crippen LogP contribution in [0.4, 0.5) is 0 Å². The maximum atomic E-state index is 12.6. The molecule has 3 unspecified atom stereocenters. The second-order valence-corrected chi connectivity index (χ2v) is 5.97. The summed E-state index contributed by atoms with van der Waals surface area (Å²) < 4.78 is 0. The lowest BCUT2D eigenvalue weighted by molar-refractivity contribution is -0.136. The molecule has 0 heterocycles. The number of hydrogen-bond donors (Lipinski definition) is 1. The van der Waals surface area contributed by atoms with Crippen LogP contribution >= 0.6 is 12.4 Å². The topological polar surface area (TPSA) is 46.3 Å². The lowest BCUT2D eigenvalue weighted by Gasteiger charge is -2.28. The van der Waals surface area contributed by atoms with Crippen molar-refractivity contribution in [1.82, 2.24) is 4.90 Å². The van der Waals surface area contributed by atoms with Crippen LogP contribution in [0, 0.1) is 5.92 Å². The second-order valence-electron chi connectivity index (χ2n) is 5.97. The van der Waals surface area contributed by atoms with Gasteiger partial charge < -0.3 is 10.6 Å². The third-order valence-corrected chi connectivity index (χ3v) is 4.74. The number of nitrogens with zero attached hydrogens (tertiary/aromatic N) is 1. The number of aryl methyl sites for hydroxylation is 1. The van der Waals surface area contributed by atoms with Gasteiger partial charge >= 0.3 is 0 Å². The first-order chi connectivity index (χ1) is 9.16. The third kappa shape index (κ3) is 2.70. The van der Waals surface area contributed by atoms with Crippen molar-refractivity contribution in [3.8, 4) is 0 Å². The first-order valence-corrected chi connectivity index (χ1v) is 7.27. The molecule has 1 saturated carbocycles. The highest BCUT2D eigenvalue weighted by Crippen LogP contribution is 2.37. The molecule has 20 heavy (non-hydrogen) atoms. The summed E-state index contributed by atoms with van der Waals surface area (Å²) in [5.41, 5.74) is 8.65. The van der Waals surface area contributed by atoms with Gasteiger partial charge in [-0.05, 0) is 43.2 Å². The highest BCUT2D eigenvalue weighted by molar-refractivity contribution is 5.85. The van der Waals surface area contributed by atoms with Gasteiger partial charge in [0.05, 0.1) is 6.04 Å². The number of benzene rings is 1. The quantitative estimate of drug-likeness (QED) is 0.911. The van der Waals surface area contributed by atoms with E-state index in [4.69, 9.17) is 5.73 Å². The van der Waals surface area contributed by atoms with Gasteiger partial charge in [-0.25, -0.2) is 0 Å². The smallest absolute Gasteiger partial charge is 0.225 e. The molecule has 4 heteroatoms. The van der Waals surface area contributed by atoms with Crippen LogP contribution in [0.2, 0.25) is 0 Å². The summed E-state index contributed by atoms with van der Waals surface area (Å²) in [6.45, 7) is 0. The minimum Gasteiger partial charge on any atom is -0.338 e. The summed E-state index contributed by atoms with van der Waals surface area (Å²) in [4.78, 5) is 14.5. The van der Waals surface area contributed by atoms with E-state index in [-0.39, 0.29) is 36.3 Å². The van der Waals surface area contributed by atoms with Gasteiger partial charge in [0.2, 0.25) is 5.91 Å². The van der Waals surface area contributed by atoms with Crippen molar-refractivity contribution in [2.45, 2.75) is 44.2 Å². The van der Waals surface area contributed by atoms with Gasteiger partial charge in [-0.1, -0.05) is 24.3 Å². The molecule has 2 N–H and O–H groups in total. The first-order valence-electron chi connectivity index (χ1n) is 7.27. The highest BCUT2D eigenvalue weighted by Gasteiger charge is 2.34. The Morgan fingerprint density at radius 3 is 2.70 bits per heavy atom. The van der Waals surface area contributed by atoms with Crippen molar-refractivity contribution < 1.29 is 4.79 Å². The fraction of sp³-hybridized carbons (Fsp3) is 0.562. The summed E-state index contributed by atoms with van der Waals surface area (Å²) in [5, 5.41) is 0. The van der Waals surface area contributed by atoms with Crippen LogP contribution in [0.5, 0.6) is 0 Å². The summed E-state index contributed by atoms with van der Waals surface area (Å²) in [5.74, 6) is 0.433. The molecule has 0 spiro atoms. The Morgan fingerprint density at radius 1 is 1.25 bits per heavy atom. The molecule has 3 atom stereocenters. The van der Waals surface area contributed by atoms with E-state index in [0.29, 0.717) is 0 Å². The lowest BCUT2D eigenvalue weighted by Crippen LogP contribution is -2.35. The summed E-state index contributed by atoms with van der Waals surface area (Å²) in [6.07, 6.45) is 4.95. The van der Waals surface area contributed by atoms with Crippen LogP contribution in [0.15, 0.2) is 24.3 Å².